The number of carbonyl (C=O) groups excluding carboxylic acids is 2. The molecule has 1 aliphatic heterocycles. The van der Waals surface area contributed by atoms with E-state index in [1.807, 2.05) is 32.9 Å². The monoisotopic (exact) mass is 511 g/mol. The number of likely N-dealkylation sites (tertiary alicyclic amines) is 1. The quantitative estimate of drug-likeness (QED) is 0.396. The Hall–Kier alpha value is -2.64. The van der Waals surface area contributed by atoms with Crippen molar-refractivity contribution in [1.82, 2.24) is 4.90 Å². The van der Waals surface area contributed by atoms with Crippen molar-refractivity contribution in [3.05, 3.63) is 60.7 Å². The molecule has 1 amide bonds. The summed E-state index contributed by atoms with van der Waals surface area (Å²) in [4.78, 5) is 26.8. The topological polar surface area (TPSA) is 65.1 Å². The van der Waals surface area contributed by atoms with Gasteiger partial charge in [-0.3, -0.25) is 4.79 Å². The normalized spacial score (nSPS) is 18.7. The summed E-state index contributed by atoms with van der Waals surface area (Å²) in [6, 6.07) is 20.8. The second kappa shape index (κ2) is 11.2. The molecule has 2 aromatic rings. The molecule has 6 nitrogen and oxygen atoms in total. The predicted octanol–water partition coefficient (Wildman–Crippen LogP) is 4.75. The first-order valence-electron chi connectivity index (χ1n) is 12.7. The molecule has 36 heavy (non-hydrogen) atoms. The number of hydrogen-bond donors (Lipinski definition) is 0. The van der Waals surface area contributed by atoms with Crippen LogP contribution in [0.3, 0.4) is 0 Å². The maximum absolute atomic E-state index is 13.0. The molecular weight excluding hydrogens is 470 g/mol. The van der Waals surface area contributed by atoms with Gasteiger partial charge in [0.15, 0.2) is 0 Å². The fourth-order valence-corrected chi connectivity index (χ4v) is 9.79. The van der Waals surface area contributed by atoms with Crippen molar-refractivity contribution in [2.24, 2.45) is 5.92 Å². The predicted molar refractivity (Wildman–Crippen MR) is 145 cm³/mol. The number of hydrogen-bond acceptors (Lipinski definition) is 5. The lowest BCUT2D eigenvalue weighted by Crippen LogP contribution is -2.67. The summed E-state index contributed by atoms with van der Waals surface area (Å²) in [6.07, 6.45) is 0.405. The summed E-state index contributed by atoms with van der Waals surface area (Å²) < 4.78 is 17.7. The molecule has 1 heterocycles. The van der Waals surface area contributed by atoms with Crippen molar-refractivity contribution in [1.29, 1.82) is 0 Å². The molecule has 0 bridgehead atoms. The number of nitrogens with zero attached hydrogens (tertiary/aromatic N) is 1. The van der Waals surface area contributed by atoms with E-state index in [4.69, 9.17) is 13.9 Å². The third-order valence-electron chi connectivity index (χ3n) is 6.71. The van der Waals surface area contributed by atoms with Gasteiger partial charge < -0.3 is 18.8 Å². The van der Waals surface area contributed by atoms with E-state index >= 15 is 0 Å². The number of amides is 1. The maximum atomic E-state index is 13.0. The molecule has 1 fully saturated rings. The highest BCUT2D eigenvalue weighted by Crippen LogP contribution is 2.38. The summed E-state index contributed by atoms with van der Waals surface area (Å²) in [6.45, 7) is 13.3. The van der Waals surface area contributed by atoms with E-state index in [-0.39, 0.29) is 29.4 Å². The summed E-state index contributed by atoms with van der Waals surface area (Å²) in [5.41, 5.74) is -0.615. The lowest BCUT2D eigenvalue weighted by atomic mass is 10.0. The third-order valence-corrected chi connectivity index (χ3v) is 11.7. The molecule has 0 saturated carbocycles. The Morgan fingerprint density at radius 1 is 0.917 bits per heavy atom. The smallest absolute Gasteiger partial charge is 0.410 e. The van der Waals surface area contributed by atoms with Gasteiger partial charge in [-0.25, -0.2) is 4.79 Å². The van der Waals surface area contributed by atoms with E-state index in [0.717, 1.165) is 0 Å². The van der Waals surface area contributed by atoms with E-state index in [2.05, 4.69) is 69.3 Å². The van der Waals surface area contributed by atoms with Gasteiger partial charge >= 0.3 is 12.1 Å². The van der Waals surface area contributed by atoms with Crippen molar-refractivity contribution < 1.29 is 23.5 Å². The molecule has 0 aromatic heterocycles. The molecule has 1 saturated heterocycles. The first-order chi connectivity index (χ1) is 16.9. The Labute approximate surface area is 217 Å². The Balaban J connectivity index is 1.91. The zero-order chi connectivity index (χ0) is 26.6. The highest BCUT2D eigenvalue weighted by Gasteiger charge is 2.51. The number of methoxy groups -OCH3 is 1. The Morgan fingerprint density at radius 3 is 1.89 bits per heavy atom. The summed E-state index contributed by atoms with van der Waals surface area (Å²) in [5.74, 6) is -0.254. The molecular formula is C29H41NO5Si. The minimum Gasteiger partial charge on any atom is -0.469 e. The van der Waals surface area contributed by atoms with E-state index in [0.29, 0.717) is 19.6 Å². The first-order valence-corrected chi connectivity index (χ1v) is 14.6. The Morgan fingerprint density at radius 2 is 1.44 bits per heavy atom. The van der Waals surface area contributed by atoms with Crippen molar-refractivity contribution >= 4 is 30.8 Å². The zero-order valence-electron chi connectivity index (χ0n) is 22.7. The Kier molecular flexibility index (Phi) is 8.67. The van der Waals surface area contributed by atoms with Crippen LogP contribution in [0, 0.1) is 5.92 Å². The molecule has 196 valence electrons. The lowest BCUT2D eigenvalue weighted by Gasteiger charge is -2.43. The molecule has 0 spiro atoms. The highest BCUT2D eigenvalue weighted by atomic mass is 28.4. The fourth-order valence-electron chi connectivity index (χ4n) is 5.15. The molecule has 0 N–H and O–H groups in total. The van der Waals surface area contributed by atoms with Crippen LogP contribution in [-0.2, 0) is 18.7 Å². The largest absolute Gasteiger partial charge is 0.469 e. The van der Waals surface area contributed by atoms with Crippen LogP contribution in [0.15, 0.2) is 60.7 Å². The number of benzene rings is 2. The van der Waals surface area contributed by atoms with Gasteiger partial charge in [-0.05, 0) is 42.6 Å². The minimum atomic E-state index is -2.69. The van der Waals surface area contributed by atoms with Gasteiger partial charge in [-0.2, -0.15) is 0 Å². The van der Waals surface area contributed by atoms with Crippen molar-refractivity contribution in [3.63, 3.8) is 0 Å². The van der Waals surface area contributed by atoms with Crippen LogP contribution in [0.4, 0.5) is 4.79 Å². The van der Waals surface area contributed by atoms with Crippen LogP contribution in [0.2, 0.25) is 5.04 Å². The van der Waals surface area contributed by atoms with E-state index in [1.54, 1.807) is 4.90 Å². The first kappa shape index (κ1) is 27.9. The second-order valence-electron chi connectivity index (χ2n) is 11.6. The molecule has 0 unspecified atom stereocenters. The van der Waals surface area contributed by atoms with Gasteiger partial charge in [-0.1, -0.05) is 81.4 Å². The van der Waals surface area contributed by atoms with Crippen LogP contribution in [0.25, 0.3) is 0 Å². The van der Waals surface area contributed by atoms with Crippen molar-refractivity contribution in [3.8, 4) is 0 Å². The molecule has 2 atom stereocenters. The van der Waals surface area contributed by atoms with Gasteiger partial charge in [0.2, 0.25) is 0 Å². The van der Waals surface area contributed by atoms with Gasteiger partial charge in [0.25, 0.3) is 8.32 Å². The number of ether oxygens (including phenoxy) is 2. The second-order valence-corrected chi connectivity index (χ2v) is 15.9. The average Bonchev–Trinajstić information content (AvgIpc) is 3.21. The molecule has 1 aliphatic rings. The van der Waals surface area contributed by atoms with Crippen molar-refractivity contribution in [2.75, 3.05) is 20.3 Å². The summed E-state index contributed by atoms with van der Waals surface area (Å²) >= 11 is 0. The van der Waals surface area contributed by atoms with Crippen LogP contribution in [-0.4, -0.2) is 57.2 Å². The number of carbonyl (C=O) groups is 2. The van der Waals surface area contributed by atoms with Crippen LogP contribution in [0.5, 0.6) is 0 Å². The average molecular weight is 512 g/mol. The molecule has 0 radical (unpaired) electrons. The Bertz CT molecular complexity index is 974. The third kappa shape index (κ3) is 6.37. The van der Waals surface area contributed by atoms with Gasteiger partial charge in [0.05, 0.1) is 13.5 Å². The molecule has 3 rings (SSSR count). The summed E-state index contributed by atoms with van der Waals surface area (Å²) in [7, 11) is -1.32. The lowest BCUT2D eigenvalue weighted by molar-refractivity contribution is -0.141. The van der Waals surface area contributed by atoms with Crippen LogP contribution >= 0.6 is 0 Å². The van der Waals surface area contributed by atoms with Crippen molar-refractivity contribution in [2.45, 2.75) is 71.1 Å². The standard InChI is InChI=1S/C29H41NO5Si/c1-28(2,3)35-27(32)30-20-22(18-23(30)19-26(31)33-7)21-34-36(29(4,5)6,24-14-10-8-11-15-24)25-16-12-9-13-17-25/h8-17,22-23H,18-21H2,1-7H3/t22-,23+/m0/s1. The van der Waals surface area contributed by atoms with Gasteiger partial charge in [0.1, 0.15) is 5.60 Å². The van der Waals surface area contributed by atoms with Crippen LogP contribution < -0.4 is 10.4 Å². The minimum absolute atomic E-state index is 0.0776. The molecule has 7 heteroatoms. The molecule has 0 aliphatic carbocycles. The molecule has 2 aromatic carbocycles. The summed E-state index contributed by atoms with van der Waals surface area (Å²) in [5, 5.41) is 2.30. The fraction of sp³-hybridized carbons (Fsp3) is 0.517. The van der Waals surface area contributed by atoms with E-state index in [1.165, 1.54) is 17.5 Å². The number of rotatable bonds is 7. The van der Waals surface area contributed by atoms with Crippen LogP contribution in [0.1, 0.15) is 54.4 Å². The maximum Gasteiger partial charge on any atom is 0.410 e. The SMILES string of the molecule is COC(=O)C[C@H]1C[C@H](CO[Si](c2ccccc2)(c2ccccc2)C(C)(C)C)CN1C(=O)OC(C)(C)C. The van der Waals surface area contributed by atoms with E-state index < -0.39 is 20.0 Å². The van der Waals surface area contributed by atoms with E-state index in [9.17, 15) is 9.59 Å². The van der Waals surface area contributed by atoms with Gasteiger partial charge in [0, 0.05) is 25.1 Å². The highest BCUT2D eigenvalue weighted by molar-refractivity contribution is 6.99. The van der Waals surface area contributed by atoms with Gasteiger partial charge in [-0.15, -0.1) is 0 Å². The number of esters is 1. The zero-order valence-corrected chi connectivity index (χ0v) is 23.7.